The minimum absolute atomic E-state index is 0.164. The van der Waals surface area contributed by atoms with Crippen LogP contribution in [-0.4, -0.2) is 28.6 Å². The zero-order valence-electron chi connectivity index (χ0n) is 11.3. The second-order valence-corrected chi connectivity index (χ2v) is 4.15. The lowest BCUT2D eigenvalue weighted by molar-refractivity contribution is 0.350. The minimum atomic E-state index is -0.481. The van der Waals surface area contributed by atoms with Crippen LogP contribution in [0, 0.1) is 17.7 Å². The topological polar surface area (TPSA) is 64.3 Å². The third-order valence-electron chi connectivity index (χ3n) is 2.72. The van der Waals surface area contributed by atoms with Gasteiger partial charge in [0, 0.05) is 12.1 Å². The first-order chi connectivity index (χ1) is 10.1. The number of aliphatic hydroxyl groups is 1. The first-order valence-corrected chi connectivity index (χ1v) is 6.14. The summed E-state index contributed by atoms with van der Waals surface area (Å²) in [6.45, 7) is -0.176. The molecule has 0 atom stereocenters. The van der Waals surface area contributed by atoms with Crippen LogP contribution in [0.2, 0.25) is 0 Å². The molecule has 1 heterocycles. The van der Waals surface area contributed by atoms with Crippen LogP contribution in [-0.2, 0) is 6.54 Å². The summed E-state index contributed by atoms with van der Waals surface area (Å²) in [6.07, 6.45) is 0. The van der Waals surface area contributed by atoms with E-state index in [-0.39, 0.29) is 24.3 Å². The molecule has 2 rings (SSSR count). The molecule has 0 bridgehead atoms. The van der Waals surface area contributed by atoms with Crippen LogP contribution < -0.4 is 10.3 Å². The minimum Gasteiger partial charge on any atom is -0.480 e. The van der Waals surface area contributed by atoms with E-state index in [1.165, 1.54) is 36.1 Å². The Balaban J connectivity index is 2.34. The average Bonchev–Trinajstić information content (AvgIpc) is 2.50. The zero-order chi connectivity index (χ0) is 15.2. The summed E-state index contributed by atoms with van der Waals surface area (Å²) >= 11 is 0. The first kappa shape index (κ1) is 14.8. The maximum atomic E-state index is 13.5. The molecule has 0 unspecified atom stereocenters. The van der Waals surface area contributed by atoms with Gasteiger partial charge < -0.3 is 9.84 Å². The Labute approximate surface area is 120 Å². The number of hydrogen-bond donors (Lipinski definition) is 1. The van der Waals surface area contributed by atoms with Crippen LogP contribution in [0.5, 0.6) is 5.88 Å². The molecule has 0 amide bonds. The van der Waals surface area contributed by atoms with Gasteiger partial charge in [-0.05, 0) is 17.7 Å². The lowest BCUT2D eigenvalue weighted by atomic mass is 10.1. The van der Waals surface area contributed by atoms with Gasteiger partial charge in [-0.1, -0.05) is 17.9 Å². The van der Waals surface area contributed by atoms with Crippen molar-refractivity contribution in [2.75, 3.05) is 13.7 Å². The van der Waals surface area contributed by atoms with Gasteiger partial charge in [-0.15, -0.1) is 5.10 Å². The molecule has 0 radical (unpaired) electrons. The van der Waals surface area contributed by atoms with E-state index in [4.69, 9.17) is 9.84 Å². The van der Waals surface area contributed by atoms with Gasteiger partial charge in [0.05, 0.1) is 19.2 Å². The van der Waals surface area contributed by atoms with Crippen molar-refractivity contribution in [2.45, 2.75) is 6.54 Å². The summed E-state index contributed by atoms with van der Waals surface area (Å²) in [7, 11) is 1.46. The number of ether oxygens (including phenoxy) is 1. The number of aromatic nitrogens is 2. The van der Waals surface area contributed by atoms with Gasteiger partial charge in [-0.25, -0.2) is 9.07 Å². The summed E-state index contributed by atoms with van der Waals surface area (Å²) in [4.78, 5) is 11.7. The molecule has 1 N–H and O–H groups in total. The normalized spacial score (nSPS) is 9.86. The maximum Gasteiger partial charge on any atom is 0.267 e. The highest BCUT2D eigenvalue weighted by molar-refractivity contribution is 5.38. The highest BCUT2D eigenvalue weighted by Gasteiger charge is 2.05. The summed E-state index contributed by atoms with van der Waals surface area (Å²) in [5.41, 5.74) is 0.544. The van der Waals surface area contributed by atoms with Gasteiger partial charge in [-0.2, -0.15) is 0 Å². The fraction of sp³-hybridized carbons (Fsp3) is 0.200. The molecule has 0 saturated heterocycles. The summed E-state index contributed by atoms with van der Waals surface area (Å²) in [5.74, 6) is 4.74. The predicted octanol–water partition coefficient (Wildman–Crippen LogP) is 0.783. The fourth-order valence-corrected chi connectivity index (χ4v) is 1.73. The first-order valence-electron chi connectivity index (χ1n) is 6.14. The Morgan fingerprint density at radius 3 is 2.90 bits per heavy atom. The van der Waals surface area contributed by atoms with Gasteiger partial charge in [0.15, 0.2) is 0 Å². The number of aliphatic hydroxyl groups excluding tert-OH is 1. The molecule has 0 fully saturated rings. The zero-order valence-corrected chi connectivity index (χ0v) is 11.3. The van der Waals surface area contributed by atoms with Crippen molar-refractivity contribution in [1.82, 2.24) is 9.78 Å². The van der Waals surface area contributed by atoms with E-state index in [0.29, 0.717) is 11.4 Å². The van der Waals surface area contributed by atoms with E-state index in [2.05, 4.69) is 16.9 Å². The molecule has 1 aromatic heterocycles. The smallest absolute Gasteiger partial charge is 0.267 e. The van der Waals surface area contributed by atoms with E-state index >= 15 is 0 Å². The molecule has 0 aliphatic carbocycles. The standard InChI is InChI=1S/C15H13FN2O3/c1-21-14-6-7-15(20)18(17-14)10-11-4-5-13(16)12(9-11)3-2-8-19/h4-7,9,19H,8,10H2,1H3. The fourth-order valence-electron chi connectivity index (χ4n) is 1.73. The molecule has 0 aliphatic rings. The predicted molar refractivity (Wildman–Crippen MR) is 74.5 cm³/mol. The van der Waals surface area contributed by atoms with Crippen molar-refractivity contribution in [2.24, 2.45) is 0 Å². The number of hydrogen-bond acceptors (Lipinski definition) is 4. The molecule has 0 spiro atoms. The third-order valence-corrected chi connectivity index (χ3v) is 2.72. The average molecular weight is 288 g/mol. The van der Waals surface area contributed by atoms with Gasteiger partial charge in [0.25, 0.3) is 5.56 Å². The molecular formula is C15H13FN2O3. The lowest BCUT2D eigenvalue weighted by Crippen LogP contribution is -2.22. The molecule has 2 aromatic rings. The molecule has 5 nitrogen and oxygen atoms in total. The van der Waals surface area contributed by atoms with Gasteiger partial charge in [-0.3, -0.25) is 4.79 Å². The van der Waals surface area contributed by atoms with E-state index < -0.39 is 5.82 Å². The monoisotopic (exact) mass is 288 g/mol. The van der Waals surface area contributed by atoms with Gasteiger partial charge in [0.1, 0.15) is 12.4 Å². The van der Waals surface area contributed by atoms with E-state index in [1.54, 1.807) is 6.07 Å². The number of nitrogens with zero attached hydrogens (tertiary/aromatic N) is 2. The van der Waals surface area contributed by atoms with Crippen molar-refractivity contribution in [3.8, 4) is 17.7 Å². The van der Waals surface area contributed by atoms with Crippen molar-refractivity contribution >= 4 is 0 Å². The Hall–Kier alpha value is -2.65. The van der Waals surface area contributed by atoms with Gasteiger partial charge in [0.2, 0.25) is 5.88 Å². The molecule has 6 heteroatoms. The Kier molecular flexibility index (Phi) is 4.69. The summed E-state index contributed by atoms with van der Waals surface area (Å²) in [6, 6.07) is 7.16. The Morgan fingerprint density at radius 1 is 1.38 bits per heavy atom. The highest BCUT2D eigenvalue weighted by Crippen LogP contribution is 2.11. The summed E-state index contributed by atoms with van der Waals surface area (Å²) in [5, 5.41) is 12.7. The van der Waals surface area contributed by atoms with Gasteiger partial charge >= 0.3 is 0 Å². The van der Waals surface area contributed by atoms with Crippen molar-refractivity contribution in [3.63, 3.8) is 0 Å². The Bertz CT molecular complexity index is 759. The second kappa shape index (κ2) is 6.68. The van der Waals surface area contributed by atoms with Crippen LogP contribution >= 0.6 is 0 Å². The molecule has 1 aromatic carbocycles. The van der Waals surface area contributed by atoms with Crippen LogP contribution in [0.1, 0.15) is 11.1 Å². The molecule has 0 saturated carbocycles. The van der Waals surface area contributed by atoms with E-state index in [0.717, 1.165) is 0 Å². The quantitative estimate of drug-likeness (QED) is 0.848. The van der Waals surface area contributed by atoms with Crippen molar-refractivity contribution < 1.29 is 14.2 Å². The number of halogens is 1. The van der Waals surface area contributed by atoms with Crippen molar-refractivity contribution in [1.29, 1.82) is 0 Å². The number of methoxy groups -OCH3 is 1. The van der Waals surface area contributed by atoms with Crippen molar-refractivity contribution in [3.05, 3.63) is 57.6 Å². The molecule has 108 valence electrons. The van der Waals surface area contributed by atoms with Crippen LogP contribution in [0.25, 0.3) is 0 Å². The summed E-state index contributed by atoms with van der Waals surface area (Å²) < 4.78 is 19.7. The highest BCUT2D eigenvalue weighted by atomic mass is 19.1. The number of benzene rings is 1. The second-order valence-electron chi connectivity index (χ2n) is 4.15. The molecule has 21 heavy (non-hydrogen) atoms. The number of rotatable bonds is 3. The van der Waals surface area contributed by atoms with E-state index in [1.807, 2.05) is 0 Å². The molecule has 0 aliphatic heterocycles. The third kappa shape index (κ3) is 3.68. The largest absolute Gasteiger partial charge is 0.480 e. The van der Waals surface area contributed by atoms with Crippen LogP contribution in [0.15, 0.2) is 35.1 Å². The maximum absolute atomic E-state index is 13.5. The van der Waals surface area contributed by atoms with E-state index in [9.17, 15) is 9.18 Å². The lowest BCUT2D eigenvalue weighted by Gasteiger charge is -2.07. The van der Waals surface area contributed by atoms with Crippen LogP contribution in [0.3, 0.4) is 0 Å². The Morgan fingerprint density at radius 2 is 2.19 bits per heavy atom. The SMILES string of the molecule is COc1ccc(=O)n(Cc2ccc(F)c(C#CCO)c2)n1. The van der Waals surface area contributed by atoms with Crippen LogP contribution in [0.4, 0.5) is 4.39 Å². The molecular weight excluding hydrogens is 275 g/mol.